The van der Waals surface area contributed by atoms with Gasteiger partial charge in [-0.15, -0.1) is 0 Å². The minimum Gasteiger partial charge on any atom is -0.464 e. The van der Waals surface area contributed by atoms with Crippen LogP contribution in [0.3, 0.4) is 0 Å². The van der Waals surface area contributed by atoms with Crippen LogP contribution in [0.1, 0.15) is 64.0 Å². The van der Waals surface area contributed by atoms with Crippen molar-refractivity contribution in [1.82, 2.24) is 4.90 Å². The van der Waals surface area contributed by atoms with Crippen molar-refractivity contribution >= 4 is 0 Å². The maximum absolute atomic E-state index is 6.09. The molecule has 0 aliphatic heterocycles. The number of rotatable bonds is 7. The predicted octanol–water partition coefficient (Wildman–Crippen LogP) is 3.52. The van der Waals surface area contributed by atoms with Crippen LogP contribution in [0.5, 0.6) is 0 Å². The summed E-state index contributed by atoms with van der Waals surface area (Å²) in [6, 6.07) is 5.02. The molecule has 4 atom stereocenters. The Bertz CT molecular complexity index is 401. The molecule has 0 amide bonds. The molecule has 108 valence electrons. The normalized spacial score (nSPS) is 25.6. The fourth-order valence-corrected chi connectivity index (χ4v) is 2.95. The minimum absolute atomic E-state index is 0.211. The predicted molar refractivity (Wildman–Crippen MR) is 79.2 cm³/mol. The Morgan fingerprint density at radius 1 is 1.42 bits per heavy atom. The van der Waals surface area contributed by atoms with Crippen LogP contribution in [0.2, 0.25) is 0 Å². The molecule has 1 aliphatic rings. The van der Waals surface area contributed by atoms with Crippen LogP contribution >= 0.6 is 0 Å². The van der Waals surface area contributed by atoms with Crippen molar-refractivity contribution in [3.63, 3.8) is 0 Å². The van der Waals surface area contributed by atoms with Crippen molar-refractivity contribution in [2.75, 3.05) is 13.1 Å². The number of hydrogen-bond acceptors (Lipinski definition) is 3. The van der Waals surface area contributed by atoms with Gasteiger partial charge in [-0.25, -0.2) is 0 Å². The van der Waals surface area contributed by atoms with E-state index in [4.69, 9.17) is 10.2 Å². The first-order valence-electron chi connectivity index (χ1n) is 7.67. The van der Waals surface area contributed by atoms with Gasteiger partial charge in [0.2, 0.25) is 0 Å². The zero-order valence-electron chi connectivity index (χ0n) is 12.7. The molecule has 0 radical (unpaired) electrons. The lowest BCUT2D eigenvalue weighted by Crippen LogP contribution is -2.39. The van der Waals surface area contributed by atoms with Crippen LogP contribution in [0, 0.1) is 5.92 Å². The average Bonchev–Trinajstić information content (AvgIpc) is 2.96. The maximum atomic E-state index is 6.09. The van der Waals surface area contributed by atoms with Gasteiger partial charge in [-0.05, 0) is 44.4 Å². The third-order valence-corrected chi connectivity index (χ3v) is 4.60. The van der Waals surface area contributed by atoms with Crippen LogP contribution in [0.4, 0.5) is 0 Å². The van der Waals surface area contributed by atoms with E-state index in [1.54, 1.807) is 0 Å². The van der Waals surface area contributed by atoms with Gasteiger partial charge in [0.05, 0.1) is 6.04 Å². The van der Waals surface area contributed by atoms with Crippen molar-refractivity contribution in [2.45, 2.75) is 58.5 Å². The van der Waals surface area contributed by atoms with Gasteiger partial charge in [0.1, 0.15) is 11.5 Å². The molecule has 3 heteroatoms. The van der Waals surface area contributed by atoms with Gasteiger partial charge in [-0.1, -0.05) is 20.8 Å². The molecule has 1 aliphatic carbocycles. The van der Waals surface area contributed by atoms with Gasteiger partial charge >= 0.3 is 0 Å². The first-order chi connectivity index (χ1) is 9.12. The van der Waals surface area contributed by atoms with Crippen LogP contribution in [0.15, 0.2) is 16.5 Å². The number of nitrogens with two attached hydrogens (primary N) is 1. The minimum atomic E-state index is 0.211. The van der Waals surface area contributed by atoms with Crippen molar-refractivity contribution < 1.29 is 4.42 Å². The molecule has 1 aromatic heterocycles. The third kappa shape index (κ3) is 3.03. The Labute approximate surface area is 117 Å². The van der Waals surface area contributed by atoms with Crippen molar-refractivity contribution in [3.05, 3.63) is 23.7 Å². The van der Waals surface area contributed by atoms with E-state index >= 15 is 0 Å². The lowest BCUT2D eigenvalue weighted by molar-refractivity contribution is 0.134. The Kier molecular flexibility index (Phi) is 4.69. The number of nitrogens with zero attached hydrogens (tertiary/aromatic N) is 1. The molecule has 0 aromatic carbocycles. The summed E-state index contributed by atoms with van der Waals surface area (Å²) >= 11 is 0. The largest absolute Gasteiger partial charge is 0.464 e. The summed E-state index contributed by atoms with van der Waals surface area (Å²) in [5.74, 6) is 3.62. The third-order valence-electron chi connectivity index (χ3n) is 4.60. The van der Waals surface area contributed by atoms with Crippen LogP contribution in [0.25, 0.3) is 0 Å². The molecule has 0 bridgehead atoms. The summed E-state index contributed by atoms with van der Waals surface area (Å²) in [5.41, 5.74) is 6.00. The van der Waals surface area contributed by atoms with E-state index in [0.29, 0.717) is 18.5 Å². The van der Waals surface area contributed by atoms with E-state index in [1.807, 2.05) is 0 Å². The molecule has 1 fully saturated rings. The van der Waals surface area contributed by atoms with Crippen molar-refractivity contribution in [3.8, 4) is 0 Å². The quantitative estimate of drug-likeness (QED) is 0.819. The molecule has 0 saturated heterocycles. The first-order valence-corrected chi connectivity index (χ1v) is 7.67. The Morgan fingerprint density at radius 3 is 2.58 bits per heavy atom. The second kappa shape index (κ2) is 6.10. The van der Waals surface area contributed by atoms with Crippen LogP contribution < -0.4 is 5.73 Å². The molecule has 3 nitrogen and oxygen atoms in total. The standard InChI is InChI=1S/C16H28N2O/c1-5-12(4)18(6-2)14(10-17)16-8-7-15(19-16)13-9-11(13)3/h7-8,11-14H,5-6,9-10,17H2,1-4H3. The van der Waals surface area contributed by atoms with Gasteiger partial charge in [0, 0.05) is 18.5 Å². The van der Waals surface area contributed by atoms with Gasteiger partial charge in [0.15, 0.2) is 0 Å². The van der Waals surface area contributed by atoms with E-state index in [1.165, 1.54) is 6.42 Å². The van der Waals surface area contributed by atoms with Gasteiger partial charge in [-0.3, -0.25) is 4.90 Å². The highest BCUT2D eigenvalue weighted by atomic mass is 16.3. The van der Waals surface area contributed by atoms with E-state index in [-0.39, 0.29) is 6.04 Å². The van der Waals surface area contributed by atoms with Crippen molar-refractivity contribution in [2.24, 2.45) is 11.7 Å². The van der Waals surface area contributed by atoms with Gasteiger partial charge in [0.25, 0.3) is 0 Å². The first kappa shape index (κ1) is 14.6. The zero-order chi connectivity index (χ0) is 14.0. The molecule has 2 N–H and O–H groups in total. The highest BCUT2D eigenvalue weighted by Crippen LogP contribution is 2.47. The summed E-state index contributed by atoms with van der Waals surface area (Å²) in [5, 5.41) is 0. The Hall–Kier alpha value is -0.800. The summed E-state index contributed by atoms with van der Waals surface area (Å²) in [4.78, 5) is 2.44. The highest BCUT2D eigenvalue weighted by Gasteiger charge is 2.37. The smallest absolute Gasteiger partial charge is 0.122 e. The van der Waals surface area contributed by atoms with Crippen molar-refractivity contribution in [1.29, 1.82) is 0 Å². The molecular weight excluding hydrogens is 236 g/mol. The van der Waals surface area contributed by atoms with E-state index in [2.05, 4.69) is 44.7 Å². The topological polar surface area (TPSA) is 42.4 Å². The van der Waals surface area contributed by atoms with Gasteiger partial charge in [-0.2, -0.15) is 0 Å². The molecular formula is C16H28N2O. The number of hydrogen-bond donors (Lipinski definition) is 1. The summed E-state index contributed by atoms with van der Waals surface area (Å²) in [6.07, 6.45) is 2.40. The van der Waals surface area contributed by atoms with Crippen LogP contribution in [-0.4, -0.2) is 24.0 Å². The number of furan rings is 1. The highest BCUT2D eigenvalue weighted by molar-refractivity contribution is 5.19. The summed E-state index contributed by atoms with van der Waals surface area (Å²) in [6.45, 7) is 10.6. The van der Waals surface area contributed by atoms with E-state index in [0.717, 1.165) is 30.4 Å². The fraction of sp³-hybridized carbons (Fsp3) is 0.750. The lowest BCUT2D eigenvalue weighted by Gasteiger charge is -2.33. The monoisotopic (exact) mass is 264 g/mol. The van der Waals surface area contributed by atoms with Gasteiger partial charge < -0.3 is 10.2 Å². The lowest BCUT2D eigenvalue weighted by atomic mass is 10.1. The molecule has 2 rings (SSSR count). The molecule has 0 spiro atoms. The molecule has 4 unspecified atom stereocenters. The fourth-order valence-electron chi connectivity index (χ4n) is 2.95. The maximum Gasteiger partial charge on any atom is 0.122 e. The Morgan fingerprint density at radius 2 is 2.11 bits per heavy atom. The summed E-state index contributed by atoms with van der Waals surface area (Å²) in [7, 11) is 0. The summed E-state index contributed by atoms with van der Waals surface area (Å²) < 4.78 is 6.09. The molecule has 19 heavy (non-hydrogen) atoms. The van der Waals surface area contributed by atoms with Crippen LogP contribution in [-0.2, 0) is 0 Å². The Balaban J connectivity index is 2.13. The SMILES string of the molecule is CCC(C)N(CC)C(CN)c1ccc(C2CC2C)o1. The molecule has 1 heterocycles. The van der Waals surface area contributed by atoms with E-state index < -0.39 is 0 Å². The molecule has 1 aromatic rings. The second-order valence-electron chi connectivity index (χ2n) is 5.90. The second-order valence-corrected chi connectivity index (χ2v) is 5.90. The zero-order valence-corrected chi connectivity index (χ0v) is 12.7. The van der Waals surface area contributed by atoms with E-state index in [9.17, 15) is 0 Å². The molecule has 1 saturated carbocycles. The number of likely N-dealkylation sites (N-methyl/N-ethyl adjacent to an activating group) is 1. The average molecular weight is 264 g/mol.